The summed E-state index contributed by atoms with van der Waals surface area (Å²) < 4.78 is 44.2. The predicted molar refractivity (Wildman–Crippen MR) is 151 cm³/mol. The number of hydrogen-bond acceptors (Lipinski definition) is 6. The topological polar surface area (TPSA) is 73.0 Å². The standard InChI is InChI=1S/C30H29F2N5O3/c1-33-26-19(31)11-17(12-20(26)32)30(38)22-13-16-8-10-35(2)29-25(18-7-6-9-37(22)28(16)18)23(40-5)14-21-27(29)34-24(15-39-4)36(21)3/h6-7,9,11-14,33H,8,10,15H2,1-5H3. The van der Waals surface area contributed by atoms with E-state index in [0.717, 1.165) is 56.9 Å². The SMILES string of the molecule is CNc1c(F)cc(C(=O)c2cc3c4c(cccn24)-c2c(OC)cc4c(nc(COC)n4C)c2N(C)CC3)cc1F. The van der Waals surface area contributed by atoms with Gasteiger partial charge in [-0.3, -0.25) is 4.79 Å². The van der Waals surface area contributed by atoms with Crippen molar-refractivity contribution < 1.29 is 23.0 Å². The number of carbonyl (C=O) groups excluding carboxylic acids is 1. The highest BCUT2D eigenvalue weighted by Gasteiger charge is 2.29. The average Bonchev–Trinajstić information content (AvgIpc) is 3.46. The van der Waals surface area contributed by atoms with E-state index in [1.165, 1.54) is 7.05 Å². The second-order valence-electron chi connectivity index (χ2n) is 9.95. The lowest BCUT2D eigenvalue weighted by Gasteiger charge is -2.27. The van der Waals surface area contributed by atoms with Gasteiger partial charge in [0.2, 0.25) is 5.78 Å². The minimum Gasteiger partial charge on any atom is -0.496 e. The Morgan fingerprint density at radius 1 is 1.12 bits per heavy atom. The lowest BCUT2D eigenvalue weighted by molar-refractivity contribution is 0.103. The summed E-state index contributed by atoms with van der Waals surface area (Å²) in [6.45, 7) is 1.01. The number of ether oxygens (including phenoxy) is 2. The molecule has 4 heterocycles. The van der Waals surface area contributed by atoms with Crippen molar-refractivity contribution in [3.8, 4) is 16.9 Å². The molecule has 0 radical (unpaired) electrons. The van der Waals surface area contributed by atoms with Crippen molar-refractivity contribution in [1.82, 2.24) is 14.0 Å². The molecule has 2 aromatic carbocycles. The molecule has 1 aliphatic heterocycles. The Hall–Kier alpha value is -4.44. The van der Waals surface area contributed by atoms with Gasteiger partial charge in [-0.25, -0.2) is 13.8 Å². The summed E-state index contributed by atoms with van der Waals surface area (Å²) >= 11 is 0. The molecule has 0 unspecified atom stereocenters. The van der Waals surface area contributed by atoms with Crippen LogP contribution >= 0.6 is 0 Å². The first-order valence-electron chi connectivity index (χ1n) is 12.9. The monoisotopic (exact) mass is 545 g/mol. The molecule has 3 aromatic heterocycles. The molecule has 0 aliphatic carbocycles. The normalized spacial score (nSPS) is 12.9. The minimum atomic E-state index is -0.821. The van der Waals surface area contributed by atoms with Gasteiger partial charge in [-0.1, -0.05) is 6.07 Å². The van der Waals surface area contributed by atoms with Crippen LogP contribution in [0.25, 0.3) is 27.7 Å². The second-order valence-corrected chi connectivity index (χ2v) is 9.95. The van der Waals surface area contributed by atoms with Gasteiger partial charge in [0.25, 0.3) is 0 Å². The maximum atomic E-state index is 14.6. The van der Waals surface area contributed by atoms with Gasteiger partial charge in [0, 0.05) is 58.2 Å². The summed E-state index contributed by atoms with van der Waals surface area (Å²) in [5, 5.41) is 2.49. The number of rotatable bonds is 6. The van der Waals surface area contributed by atoms with Crippen molar-refractivity contribution >= 4 is 33.7 Å². The molecule has 1 aliphatic rings. The number of aromatic nitrogens is 3. The van der Waals surface area contributed by atoms with E-state index in [1.807, 2.05) is 47.3 Å². The van der Waals surface area contributed by atoms with E-state index in [0.29, 0.717) is 31.0 Å². The highest BCUT2D eigenvalue weighted by molar-refractivity contribution is 6.11. The molecule has 40 heavy (non-hydrogen) atoms. The quantitative estimate of drug-likeness (QED) is 0.296. The molecule has 0 fully saturated rings. The Kier molecular flexibility index (Phi) is 6.22. The molecule has 0 amide bonds. The van der Waals surface area contributed by atoms with Crippen LogP contribution in [0.15, 0.2) is 42.6 Å². The maximum Gasteiger partial charge on any atom is 0.209 e. The molecule has 6 rings (SSSR count). The van der Waals surface area contributed by atoms with Crippen LogP contribution in [-0.4, -0.2) is 54.6 Å². The van der Waals surface area contributed by atoms with Crippen LogP contribution in [0.1, 0.15) is 27.4 Å². The largest absolute Gasteiger partial charge is 0.496 e. The van der Waals surface area contributed by atoms with Crippen LogP contribution < -0.4 is 15.0 Å². The van der Waals surface area contributed by atoms with Crippen molar-refractivity contribution in [3.63, 3.8) is 0 Å². The van der Waals surface area contributed by atoms with Gasteiger partial charge >= 0.3 is 0 Å². The summed E-state index contributed by atoms with van der Waals surface area (Å²) in [7, 11) is 8.68. The number of imidazole rings is 1. The number of fused-ring (bicyclic) bond motifs is 4. The van der Waals surface area contributed by atoms with Crippen molar-refractivity contribution in [2.45, 2.75) is 13.0 Å². The fourth-order valence-corrected chi connectivity index (χ4v) is 5.78. The van der Waals surface area contributed by atoms with Crippen molar-refractivity contribution in [2.75, 3.05) is 45.1 Å². The van der Waals surface area contributed by atoms with Gasteiger partial charge in [0.15, 0.2) is 0 Å². The van der Waals surface area contributed by atoms with Gasteiger partial charge in [-0.2, -0.15) is 0 Å². The third-order valence-electron chi connectivity index (χ3n) is 7.72. The molecule has 0 bridgehead atoms. The van der Waals surface area contributed by atoms with E-state index in [1.54, 1.807) is 20.4 Å². The zero-order valence-corrected chi connectivity index (χ0v) is 22.9. The Morgan fingerprint density at radius 2 is 1.88 bits per heavy atom. The van der Waals surface area contributed by atoms with Gasteiger partial charge in [-0.05, 0) is 36.2 Å². The first-order valence-corrected chi connectivity index (χ1v) is 12.9. The highest BCUT2D eigenvalue weighted by atomic mass is 19.1. The molecule has 206 valence electrons. The van der Waals surface area contributed by atoms with Crippen LogP contribution in [0.3, 0.4) is 0 Å². The molecule has 0 atom stereocenters. The van der Waals surface area contributed by atoms with Crippen LogP contribution in [0.2, 0.25) is 0 Å². The molecule has 8 nitrogen and oxygen atoms in total. The summed E-state index contributed by atoms with van der Waals surface area (Å²) in [6.07, 6.45) is 2.44. The number of anilines is 2. The minimum absolute atomic E-state index is 0.0591. The second kappa shape index (κ2) is 9.63. The van der Waals surface area contributed by atoms with Gasteiger partial charge in [0.05, 0.1) is 35.1 Å². The zero-order chi connectivity index (χ0) is 28.3. The fourth-order valence-electron chi connectivity index (χ4n) is 5.78. The van der Waals surface area contributed by atoms with E-state index >= 15 is 0 Å². The maximum absolute atomic E-state index is 14.6. The highest BCUT2D eigenvalue weighted by Crippen LogP contribution is 2.47. The number of hydrogen-bond donors (Lipinski definition) is 1. The summed E-state index contributed by atoms with van der Waals surface area (Å²) in [6, 6.07) is 9.80. The number of methoxy groups -OCH3 is 2. The summed E-state index contributed by atoms with van der Waals surface area (Å²) in [4.78, 5) is 20.8. The Labute approximate surface area is 229 Å². The first kappa shape index (κ1) is 25.8. The molecule has 0 saturated carbocycles. The third-order valence-corrected chi connectivity index (χ3v) is 7.72. The van der Waals surface area contributed by atoms with Gasteiger partial charge < -0.3 is 28.7 Å². The lowest BCUT2D eigenvalue weighted by Crippen LogP contribution is -2.23. The number of halogens is 2. The van der Waals surface area contributed by atoms with Crippen molar-refractivity contribution in [1.29, 1.82) is 0 Å². The van der Waals surface area contributed by atoms with Crippen LogP contribution in [0.5, 0.6) is 5.75 Å². The van der Waals surface area contributed by atoms with E-state index in [-0.39, 0.29) is 11.3 Å². The average molecular weight is 546 g/mol. The van der Waals surface area contributed by atoms with E-state index in [4.69, 9.17) is 14.5 Å². The molecule has 10 heteroatoms. The summed E-state index contributed by atoms with van der Waals surface area (Å²) in [5.74, 6) is -0.649. The molecule has 1 N–H and O–H groups in total. The number of nitrogens with zero attached hydrogens (tertiary/aromatic N) is 4. The summed E-state index contributed by atoms with van der Waals surface area (Å²) in [5.41, 5.74) is 6.20. The molecular weight excluding hydrogens is 516 g/mol. The van der Waals surface area contributed by atoms with Crippen molar-refractivity contribution in [3.05, 3.63) is 76.9 Å². The Morgan fingerprint density at radius 3 is 2.55 bits per heavy atom. The smallest absolute Gasteiger partial charge is 0.209 e. The van der Waals surface area contributed by atoms with Gasteiger partial charge in [0.1, 0.15) is 41.0 Å². The molecule has 0 saturated heterocycles. The van der Waals surface area contributed by atoms with E-state index in [9.17, 15) is 13.6 Å². The first-order chi connectivity index (χ1) is 19.3. The van der Waals surface area contributed by atoms with Crippen LogP contribution in [-0.2, 0) is 24.8 Å². The number of carbonyl (C=O) groups is 1. The lowest BCUT2D eigenvalue weighted by atomic mass is 9.96. The number of aryl methyl sites for hydroxylation is 1. The third kappa shape index (κ3) is 3.74. The number of nitrogens with one attached hydrogen (secondary N) is 1. The zero-order valence-electron chi connectivity index (χ0n) is 22.9. The van der Waals surface area contributed by atoms with E-state index in [2.05, 4.69) is 10.2 Å². The fraction of sp³-hybridized carbons (Fsp3) is 0.267. The van der Waals surface area contributed by atoms with E-state index < -0.39 is 17.4 Å². The number of benzene rings is 2. The van der Waals surface area contributed by atoms with Crippen LogP contribution in [0, 0.1) is 11.6 Å². The number of likely N-dealkylation sites (N-methyl/N-ethyl adjacent to an activating group) is 1. The molecule has 0 spiro atoms. The van der Waals surface area contributed by atoms with Crippen LogP contribution in [0.4, 0.5) is 20.2 Å². The molecule has 5 aromatic rings. The number of pyridine rings is 1. The predicted octanol–water partition coefficient (Wildman–Crippen LogP) is 5.19. The molecular formula is C30H29F2N5O3. The van der Waals surface area contributed by atoms with Gasteiger partial charge in [-0.15, -0.1) is 0 Å². The Balaban J connectivity index is 1.62. The Bertz CT molecular complexity index is 1800. The number of ketones is 1. The van der Waals surface area contributed by atoms with Crippen molar-refractivity contribution in [2.24, 2.45) is 7.05 Å².